The molecule has 1 aromatic rings. The Morgan fingerprint density at radius 2 is 2.06 bits per heavy atom. The van der Waals surface area contributed by atoms with Gasteiger partial charge in [-0.15, -0.1) is 0 Å². The number of nitrogens with zero attached hydrogens (tertiary/aromatic N) is 1. The molecule has 1 fully saturated rings. The molecule has 0 radical (unpaired) electrons. The third-order valence-corrected chi connectivity index (χ3v) is 3.26. The number of carbonyl (C=O) groups excluding carboxylic acids is 1. The first-order valence-corrected chi connectivity index (χ1v) is 5.81. The summed E-state index contributed by atoms with van der Waals surface area (Å²) in [7, 11) is 0. The van der Waals surface area contributed by atoms with Crippen LogP contribution in [0, 0.1) is 0 Å². The molecule has 1 aliphatic rings. The van der Waals surface area contributed by atoms with Crippen LogP contribution in [0.1, 0.15) is 36.2 Å². The second-order valence-corrected chi connectivity index (χ2v) is 4.51. The summed E-state index contributed by atoms with van der Waals surface area (Å²) in [6, 6.07) is 3.11. The molecule has 18 heavy (non-hydrogen) atoms. The summed E-state index contributed by atoms with van der Waals surface area (Å²) >= 11 is 0. The highest BCUT2D eigenvalue weighted by Gasteiger charge is 2.41. The molecule has 1 saturated carbocycles. The lowest BCUT2D eigenvalue weighted by Gasteiger charge is -2.26. The third kappa shape index (κ3) is 2.27. The van der Waals surface area contributed by atoms with Crippen molar-refractivity contribution in [3.63, 3.8) is 0 Å². The van der Waals surface area contributed by atoms with E-state index < -0.39 is 17.4 Å². The van der Waals surface area contributed by atoms with Crippen molar-refractivity contribution in [3.05, 3.63) is 24.0 Å². The first-order valence-electron chi connectivity index (χ1n) is 5.81. The van der Waals surface area contributed by atoms with E-state index in [0.717, 1.165) is 12.8 Å². The number of primary amides is 1. The lowest BCUT2D eigenvalue weighted by Crippen LogP contribution is -2.43. The van der Waals surface area contributed by atoms with E-state index in [1.807, 2.05) is 0 Å². The summed E-state index contributed by atoms with van der Waals surface area (Å²) in [5.74, 6) is -1.49. The van der Waals surface area contributed by atoms with Gasteiger partial charge in [-0.05, 0) is 25.0 Å². The smallest absolute Gasteiger partial charge is 0.329 e. The zero-order chi connectivity index (χ0) is 13.2. The van der Waals surface area contributed by atoms with Gasteiger partial charge in [0.05, 0.1) is 0 Å². The van der Waals surface area contributed by atoms with Crippen molar-refractivity contribution in [2.24, 2.45) is 5.73 Å². The van der Waals surface area contributed by atoms with Crippen LogP contribution in [-0.4, -0.2) is 27.5 Å². The first kappa shape index (κ1) is 12.3. The van der Waals surface area contributed by atoms with E-state index in [2.05, 4.69) is 10.3 Å². The molecule has 0 spiro atoms. The van der Waals surface area contributed by atoms with Gasteiger partial charge in [-0.25, -0.2) is 4.79 Å². The van der Waals surface area contributed by atoms with E-state index in [-0.39, 0.29) is 5.69 Å². The lowest BCUT2D eigenvalue weighted by atomic mass is 9.97. The average molecular weight is 249 g/mol. The Hall–Kier alpha value is -2.11. The number of carboxylic acids is 1. The van der Waals surface area contributed by atoms with Crippen LogP contribution in [-0.2, 0) is 4.79 Å². The number of nitrogens with two attached hydrogens (primary N) is 1. The van der Waals surface area contributed by atoms with E-state index >= 15 is 0 Å². The number of hydrogen-bond donors (Lipinski definition) is 3. The molecule has 1 aliphatic carbocycles. The zero-order valence-corrected chi connectivity index (χ0v) is 9.85. The maximum atomic E-state index is 11.4. The molecule has 1 heterocycles. The summed E-state index contributed by atoms with van der Waals surface area (Å²) in [6.07, 6.45) is 4.36. The van der Waals surface area contributed by atoms with Crippen LogP contribution in [0.3, 0.4) is 0 Å². The minimum absolute atomic E-state index is 0.124. The standard InChI is InChI=1S/C12H15N3O3/c13-10(16)9-7-8(3-6-14-9)15-12(11(17)18)4-1-2-5-12/h3,6-7H,1-2,4-5H2,(H2,13,16)(H,14,15)(H,17,18). The fraction of sp³-hybridized carbons (Fsp3) is 0.417. The molecule has 96 valence electrons. The maximum absolute atomic E-state index is 11.4. The van der Waals surface area contributed by atoms with E-state index in [1.165, 1.54) is 12.3 Å². The molecule has 6 nitrogen and oxygen atoms in total. The van der Waals surface area contributed by atoms with Gasteiger partial charge in [0, 0.05) is 11.9 Å². The Balaban J connectivity index is 2.24. The number of carboxylic acid groups (broad SMARTS) is 1. The van der Waals surface area contributed by atoms with Crippen LogP contribution in [0.25, 0.3) is 0 Å². The second kappa shape index (κ2) is 4.64. The summed E-state index contributed by atoms with van der Waals surface area (Å²) in [6.45, 7) is 0. The number of nitrogens with one attached hydrogen (secondary N) is 1. The van der Waals surface area contributed by atoms with Gasteiger partial charge >= 0.3 is 5.97 Å². The van der Waals surface area contributed by atoms with Gasteiger partial charge in [0.25, 0.3) is 5.91 Å². The van der Waals surface area contributed by atoms with Crippen molar-refractivity contribution < 1.29 is 14.7 Å². The van der Waals surface area contributed by atoms with Crippen LogP contribution in [0.15, 0.2) is 18.3 Å². The Bertz CT molecular complexity index is 481. The van der Waals surface area contributed by atoms with Crippen LogP contribution < -0.4 is 11.1 Å². The summed E-state index contributed by atoms with van der Waals surface area (Å²) in [4.78, 5) is 26.2. The van der Waals surface area contributed by atoms with Crippen molar-refractivity contribution >= 4 is 17.6 Å². The largest absolute Gasteiger partial charge is 0.480 e. The van der Waals surface area contributed by atoms with Gasteiger partial charge in [0.2, 0.25) is 0 Å². The van der Waals surface area contributed by atoms with Crippen molar-refractivity contribution in [1.29, 1.82) is 0 Å². The normalized spacial score (nSPS) is 17.3. The monoisotopic (exact) mass is 249 g/mol. The first-order chi connectivity index (χ1) is 8.53. The predicted molar refractivity (Wildman–Crippen MR) is 65.2 cm³/mol. The highest BCUT2D eigenvalue weighted by molar-refractivity contribution is 5.92. The molecular weight excluding hydrogens is 234 g/mol. The minimum atomic E-state index is -0.934. The Morgan fingerprint density at radius 3 is 2.61 bits per heavy atom. The number of aliphatic carboxylic acids is 1. The lowest BCUT2D eigenvalue weighted by molar-refractivity contribution is -0.142. The van der Waals surface area contributed by atoms with Gasteiger partial charge in [-0.3, -0.25) is 9.78 Å². The van der Waals surface area contributed by atoms with Gasteiger partial charge in [0.15, 0.2) is 0 Å². The van der Waals surface area contributed by atoms with Gasteiger partial charge < -0.3 is 16.2 Å². The second-order valence-electron chi connectivity index (χ2n) is 4.51. The molecule has 0 aromatic carbocycles. The highest BCUT2D eigenvalue weighted by atomic mass is 16.4. The van der Waals surface area contributed by atoms with Crippen LogP contribution in [0.5, 0.6) is 0 Å². The number of rotatable bonds is 4. The maximum Gasteiger partial charge on any atom is 0.329 e. The molecule has 0 bridgehead atoms. The molecule has 0 unspecified atom stereocenters. The molecule has 1 amide bonds. The predicted octanol–water partition coefficient (Wildman–Crippen LogP) is 0.990. The van der Waals surface area contributed by atoms with E-state index in [0.29, 0.717) is 18.5 Å². The highest BCUT2D eigenvalue weighted by Crippen LogP contribution is 2.33. The molecule has 0 atom stereocenters. The number of carbonyl (C=O) groups is 2. The Kier molecular flexibility index (Phi) is 3.18. The molecule has 1 aromatic heterocycles. The Morgan fingerprint density at radius 1 is 1.39 bits per heavy atom. The molecular formula is C12H15N3O3. The zero-order valence-electron chi connectivity index (χ0n) is 9.85. The Labute approximate surface area is 104 Å². The van der Waals surface area contributed by atoms with E-state index in [1.54, 1.807) is 6.07 Å². The number of amides is 1. The fourth-order valence-corrected chi connectivity index (χ4v) is 2.29. The number of anilines is 1. The van der Waals surface area contributed by atoms with E-state index in [9.17, 15) is 14.7 Å². The number of hydrogen-bond acceptors (Lipinski definition) is 4. The van der Waals surface area contributed by atoms with Crippen LogP contribution in [0.2, 0.25) is 0 Å². The van der Waals surface area contributed by atoms with Crippen LogP contribution in [0.4, 0.5) is 5.69 Å². The summed E-state index contributed by atoms with van der Waals surface area (Å²) < 4.78 is 0. The van der Waals surface area contributed by atoms with Crippen molar-refractivity contribution in [2.75, 3.05) is 5.32 Å². The topological polar surface area (TPSA) is 105 Å². The molecule has 0 aliphatic heterocycles. The van der Waals surface area contributed by atoms with E-state index in [4.69, 9.17) is 5.73 Å². The summed E-state index contributed by atoms with van der Waals surface area (Å²) in [5, 5.41) is 12.3. The van der Waals surface area contributed by atoms with Gasteiger partial charge in [0.1, 0.15) is 11.2 Å². The molecule has 0 saturated heterocycles. The molecule has 4 N–H and O–H groups in total. The quantitative estimate of drug-likeness (QED) is 0.738. The fourth-order valence-electron chi connectivity index (χ4n) is 2.29. The molecule has 6 heteroatoms. The SMILES string of the molecule is NC(=O)c1cc(NC2(C(=O)O)CCCC2)ccn1. The van der Waals surface area contributed by atoms with Crippen molar-refractivity contribution in [3.8, 4) is 0 Å². The van der Waals surface area contributed by atoms with Crippen molar-refractivity contribution in [1.82, 2.24) is 4.98 Å². The molecule has 2 rings (SSSR count). The van der Waals surface area contributed by atoms with Crippen molar-refractivity contribution in [2.45, 2.75) is 31.2 Å². The van der Waals surface area contributed by atoms with Gasteiger partial charge in [-0.1, -0.05) is 12.8 Å². The number of pyridine rings is 1. The van der Waals surface area contributed by atoms with Gasteiger partial charge in [-0.2, -0.15) is 0 Å². The minimum Gasteiger partial charge on any atom is -0.480 e. The average Bonchev–Trinajstić information content (AvgIpc) is 2.79. The summed E-state index contributed by atoms with van der Waals surface area (Å²) in [5.41, 5.74) is 4.89. The van der Waals surface area contributed by atoms with Crippen LogP contribution >= 0.6 is 0 Å². The number of aromatic nitrogens is 1. The third-order valence-electron chi connectivity index (χ3n) is 3.26.